The van der Waals surface area contributed by atoms with Crippen LogP contribution < -0.4 is 0 Å². The van der Waals surface area contributed by atoms with Crippen LogP contribution in [0.3, 0.4) is 0 Å². The molecule has 0 spiro atoms. The lowest BCUT2D eigenvalue weighted by atomic mass is 9.93. The number of hydrogen-bond acceptors (Lipinski definition) is 2. The summed E-state index contributed by atoms with van der Waals surface area (Å²) in [4.78, 5) is 11.9. The Labute approximate surface area is 151 Å². The maximum atomic E-state index is 11.9. The van der Waals surface area contributed by atoms with E-state index in [4.69, 9.17) is 16.0 Å². The van der Waals surface area contributed by atoms with E-state index in [1.807, 2.05) is 6.08 Å². The van der Waals surface area contributed by atoms with Crippen LogP contribution >= 0.6 is 27.5 Å². The van der Waals surface area contributed by atoms with Crippen LogP contribution in [0, 0.1) is 5.92 Å². The number of Topliss-reactive ketones (excluding diaryl/α,β-unsaturated/α-hetero) is 1. The van der Waals surface area contributed by atoms with E-state index in [9.17, 15) is 4.79 Å². The van der Waals surface area contributed by atoms with Crippen molar-refractivity contribution in [1.82, 2.24) is 0 Å². The standard InChI is InChI=1S/C17H32BrClO2Si/c1-7-14(10-8-9-11-19)16(12-15(20)13-18)21-22(5,6)17(2,3)4/h7,14,16H,1,8-13H2,2-6H3/t14-,16-/m0/s1. The van der Waals surface area contributed by atoms with E-state index in [-0.39, 0.29) is 22.8 Å². The molecule has 0 aromatic rings. The second kappa shape index (κ2) is 10.3. The van der Waals surface area contributed by atoms with Gasteiger partial charge in [-0.15, -0.1) is 18.2 Å². The molecule has 2 atom stereocenters. The number of ketones is 1. The number of halogens is 2. The molecule has 0 radical (unpaired) electrons. The van der Waals surface area contributed by atoms with Crippen LogP contribution in [0.2, 0.25) is 18.1 Å². The second-order valence-corrected chi connectivity index (χ2v) is 13.1. The van der Waals surface area contributed by atoms with Crippen molar-refractivity contribution >= 4 is 41.6 Å². The summed E-state index contributed by atoms with van der Waals surface area (Å²) in [5.74, 6) is 1.08. The fourth-order valence-corrected chi connectivity index (χ4v) is 3.83. The number of alkyl halides is 2. The predicted octanol–water partition coefficient (Wildman–Crippen LogP) is 5.94. The first-order valence-corrected chi connectivity index (χ1v) is 12.6. The first-order valence-electron chi connectivity index (χ1n) is 8.03. The zero-order valence-electron chi connectivity index (χ0n) is 14.8. The van der Waals surface area contributed by atoms with Gasteiger partial charge >= 0.3 is 0 Å². The van der Waals surface area contributed by atoms with E-state index in [1.165, 1.54) is 0 Å². The van der Waals surface area contributed by atoms with E-state index in [1.54, 1.807) is 0 Å². The van der Waals surface area contributed by atoms with Crippen LogP contribution in [0.5, 0.6) is 0 Å². The van der Waals surface area contributed by atoms with Gasteiger partial charge in [-0.05, 0) is 31.0 Å². The molecule has 22 heavy (non-hydrogen) atoms. The van der Waals surface area contributed by atoms with Crippen molar-refractivity contribution in [3.63, 3.8) is 0 Å². The Morgan fingerprint density at radius 3 is 2.36 bits per heavy atom. The van der Waals surface area contributed by atoms with Crippen molar-refractivity contribution in [2.75, 3.05) is 11.2 Å². The Kier molecular flexibility index (Phi) is 10.4. The molecule has 0 aliphatic heterocycles. The summed E-state index contributed by atoms with van der Waals surface area (Å²) >= 11 is 9.03. The van der Waals surface area contributed by atoms with Gasteiger partial charge in [0.05, 0.1) is 11.4 Å². The maximum Gasteiger partial charge on any atom is 0.192 e. The lowest BCUT2D eigenvalue weighted by molar-refractivity contribution is -0.118. The van der Waals surface area contributed by atoms with E-state index >= 15 is 0 Å². The Bertz CT molecular complexity index is 353. The normalized spacial score (nSPS) is 15.4. The smallest absolute Gasteiger partial charge is 0.192 e. The van der Waals surface area contributed by atoms with Gasteiger partial charge in [0.15, 0.2) is 8.32 Å². The van der Waals surface area contributed by atoms with Gasteiger partial charge in [0, 0.05) is 18.2 Å². The molecule has 0 aliphatic rings. The van der Waals surface area contributed by atoms with Gasteiger partial charge in [0.25, 0.3) is 0 Å². The molecule has 0 unspecified atom stereocenters. The largest absolute Gasteiger partial charge is 0.413 e. The Balaban J connectivity index is 5.08. The fraction of sp³-hybridized carbons (Fsp3) is 0.824. The zero-order chi connectivity index (χ0) is 17.4. The van der Waals surface area contributed by atoms with Crippen molar-refractivity contribution in [3.8, 4) is 0 Å². The highest BCUT2D eigenvalue weighted by Gasteiger charge is 2.40. The van der Waals surface area contributed by atoms with Crippen LogP contribution in [0.25, 0.3) is 0 Å². The minimum atomic E-state index is -1.92. The van der Waals surface area contributed by atoms with Crippen LogP contribution in [0.15, 0.2) is 12.7 Å². The fourth-order valence-electron chi connectivity index (χ4n) is 2.04. The molecule has 0 aliphatic carbocycles. The summed E-state index contributed by atoms with van der Waals surface area (Å²) < 4.78 is 6.55. The molecule has 0 saturated heterocycles. The van der Waals surface area contributed by atoms with Gasteiger partial charge in [-0.2, -0.15) is 0 Å². The average Bonchev–Trinajstić information content (AvgIpc) is 2.41. The predicted molar refractivity (Wildman–Crippen MR) is 104 cm³/mol. The third kappa shape index (κ3) is 7.76. The van der Waals surface area contributed by atoms with E-state index < -0.39 is 8.32 Å². The molecule has 0 amide bonds. The molecular formula is C17H32BrClO2Si. The van der Waals surface area contributed by atoms with Gasteiger partial charge in [-0.3, -0.25) is 4.79 Å². The Morgan fingerprint density at radius 1 is 1.36 bits per heavy atom. The zero-order valence-corrected chi connectivity index (χ0v) is 18.1. The van der Waals surface area contributed by atoms with Crippen molar-refractivity contribution in [3.05, 3.63) is 12.7 Å². The molecule has 0 bridgehead atoms. The monoisotopic (exact) mass is 410 g/mol. The first-order chi connectivity index (χ1) is 10.1. The summed E-state index contributed by atoms with van der Waals surface area (Å²) in [6.07, 6.45) is 5.35. The van der Waals surface area contributed by atoms with Crippen molar-refractivity contribution in [1.29, 1.82) is 0 Å². The van der Waals surface area contributed by atoms with E-state index in [2.05, 4.69) is 56.4 Å². The quantitative estimate of drug-likeness (QED) is 0.182. The molecular weight excluding hydrogens is 380 g/mol. The van der Waals surface area contributed by atoms with Crippen LogP contribution in [-0.2, 0) is 9.22 Å². The number of carbonyl (C=O) groups excluding carboxylic acids is 1. The summed E-state index contributed by atoms with van der Waals surface area (Å²) in [5, 5.41) is 0.514. The summed E-state index contributed by atoms with van der Waals surface area (Å²) in [6, 6.07) is 0. The molecule has 0 N–H and O–H groups in total. The van der Waals surface area contributed by atoms with Gasteiger partial charge in [-0.25, -0.2) is 0 Å². The Hall–Kier alpha value is 0.357. The highest BCUT2D eigenvalue weighted by atomic mass is 79.9. The molecule has 2 nitrogen and oxygen atoms in total. The number of unbranched alkanes of at least 4 members (excludes halogenated alkanes) is 1. The third-order valence-corrected chi connectivity index (χ3v) is 9.93. The van der Waals surface area contributed by atoms with E-state index in [0.29, 0.717) is 17.6 Å². The number of hydrogen-bond donors (Lipinski definition) is 0. The second-order valence-electron chi connectivity index (χ2n) is 7.38. The van der Waals surface area contributed by atoms with Gasteiger partial charge < -0.3 is 4.43 Å². The molecule has 0 saturated carbocycles. The third-order valence-electron chi connectivity index (χ3n) is 4.53. The summed E-state index contributed by atoms with van der Waals surface area (Å²) in [6.45, 7) is 15.1. The molecule has 5 heteroatoms. The van der Waals surface area contributed by atoms with Gasteiger partial charge in [-0.1, -0.05) is 49.2 Å². The minimum absolute atomic E-state index is 0.0706. The molecule has 0 heterocycles. The highest BCUT2D eigenvalue weighted by molar-refractivity contribution is 9.09. The van der Waals surface area contributed by atoms with Crippen molar-refractivity contribution in [2.45, 2.75) is 70.7 Å². The van der Waals surface area contributed by atoms with Crippen molar-refractivity contribution < 1.29 is 9.22 Å². The minimum Gasteiger partial charge on any atom is -0.413 e. The van der Waals surface area contributed by atoms with Gasteiger partial charge in [0.1, 0.15) is 5.78 Å². The number of carbonyl (C=O) groups is 1. The van der Waals surface area contributed by atoms with Gasteiger partial charge in [0.2, 0.25) is 0 Å². The van der Waals surface area contributed by atoms with Crippen molar-refractivity contribution in [2.24, 2.45) is 5.92 Å². The SMILES string of the molecule is C=C[C@@H](CCCCCl)[C@H](CC(=O)CBr)O[Si](C)(C)C(C)(C)C. The number of rotatable bonds is 11. The molecule has 130 valence electrons. The summed E-state index contributed by atoms with van der Waals surface area (Å²) in [5.41, 5.74) is 0. The summed E-state index contributed by atoms with van der Waals surface area (Å²) in [7, 11) is -1.92. The van der Waals surface area contributed by atoms with Crippen LogP contribution in [-0.4, -0.2) is 31.4 Å². The average molecular weight is 412 g/mol. The molecule has 0 rings (SSSR count). The topological polar surface area (TPSA) is 26.3 Å². The maximum absolute atomic E-state index is 11.9. The van der Waals surface area contributed by atoms with E-state index in [0.717, 1.165) is 19.3 Å². The highest BCUT2D eigenvalue weighted by Crippen LogP contribution is 2.39. The lowest BCUT2D eigenvalue weighted by Crippen LogP contribution is -2.46. The Morgan fingerprint density at radius 2 is 1.95 bits per heavy atom. The molecule has 0 aromatic heterocycles. The van der Waals surface area contributed by atoms with Crippen LogP contribution in [0.1, 0.15) is 46.5 Å². The van der Waals surface area contributed by atoms with Crippen LogP contribution in [0.4, 0.5) is 0 Å². The first kappa shape index (κ1) is 22.4. The molecule has 0 aromatic carbocycles. The molecule has 0 fully saturated rings. The lowest BCUT2D eigenvalue weighted by Gasteiger charge is -2.41.